The minimum Gasteiger partial charge on any atom is -0.0447 e. The van der Waals surface area contributed by atoms with Crippen molar-refractivity contribution >= 4 is 0 Å². The van der Waals surface area contributed by atoms with Crippen LogP contribution in [-0.2, 0) is 0 Å². The van der Waals surface area contributed by atoms with E-state index in [2.05, 4.69) is 277 Å². The van der Waals surface area contributed by atoms with E-state index in [-0.39, 0.29) is 0 Å². The second-order valence-electron chi connectivity index (χ2n) is 28.0. The molecule has 0 aromatic heterocycles. The first-order valence-electron chi connectivity index (χ1n) is 33.0. The Bertz CT molecular complexity index is 3130. The highest BCUT2D eigenvalue weighted by molar-refractivity contribution is 5.85. The smallest absolute Gasteiger partial charge is 0.0114 e. The first-order chi connectivity index (χ1) is 40.4. The van der Waals surface area contributed by atoms with Crippen molar-refractivity contribution in [3.05, 3.63) is 223 Å². The van der Waals surface area contributed by atoms with Gasteiger partial charge in [-0.2, -0.15) is 0 Å². The minimum absolute atomic E-state index is 1.44. The van der Waals surface area contributed by atoms with E-state index in [0.717, 1.165) is 0 Å². The van der Waals surface area contributed by atoms with Crippen LogP contribution in [0.4, 0.5) is 0 Å². The molecule has 0 fully saturated rings. The maximum Gasteiger partial charge on any atom is -0.0114 e. The average molecular weight is 1180 g/mol. The summed E-state index contributed by atoms with van der Waals surface area (Å²) < 4.78 is 0. The van der Waals surface area contributed by atoms with Crippen LogP contribution < -0.4 is 0 Å². The topological polar surface area (TPSA) is 0 Å². The van der Waals surface area contributed by atoms with E-state index in [1.807, 2.05) is 0 Å². The summed E-state index contributed by atoms with van der Waals surface area (Å²) >= 11 is 0. The van der Waals surface area contributed by atoms with Crippen LogP contribution in [0.1, 0.15) is 223 Å². The standard InChI is InChI=1S/4C22H30/c4*1-11-13(3)17(7)21(18(8)14(11)4)22-19(9)15(5)12(2)16(6)20(22)10/h4*1-10H3. The number of rotatable bonds is 4. The summed E-state index contributed by atoms with van der Waals surface area (Å²) in [4.78, 5) is 0. The summed E-state index contributed by atoms with van der Waals surface area (Å²) in [6, 6.07) is 0. The lowest BCUT2D eigenvalue weighted by Crippen LogP contribution is -2.05. The Morgan fingerprint density at radius 1 is 0.0568 bits per heavy atom. The van der Waals surface area contributed by atoms with Crippen LogP contribution in [0.25, 0.3) is 44.5 Å². The second-order valence-corrected chi connectivity index (χ2v) is 28.0. The normalized spacial score (nSPS) is 11.2. The highest BCUT2D eigenvalue weighted by Crippen LogP contribution is 2.45. The molecular formula is C88H120. The second kappa shape index (κ2) is 27.1. The van der Waals surface area contributed by atoms with Crippen LogP contribution in [0.2, 0.25) is 0 Å². The molecule has 472 valence electrons. The summed E-state index contributed by atoms with van der Waals surface area (Å²) in [5.41, 5.74) is 69.2. The van der Waals surface area contributed by atoms with Gasteiger partial charge in [0.25, 0.3) is 0 Å². The molecular weight excluding hydrogens is 1060 g/mol. The molecule has 0 unspecified atom stereocenters. The van der Waals surface area contributed by atoms with E-state index in [1.165, 1.54) is 267 Å². The lowest BCUT2D eigenvalue weighted by molar-refractivity contribution is 1.14. The Balaban J connectivity index is 0.000000214. The molecule has 0 heteroatoms. The Morgan fingerprint density at radius 2 is 0.0909 bits per heavy atom. The van der Waals surface area contributed by atoms with E-state index in [0.29, 0.717) is 0 Å². The van der Waals surface area contributed by atoms with Crippen LogP contribution in [0.5, 0.6) is 0 Å². The Hall–Kier alpha value is -6.24. The van der Waals surface area contributed by atoms with Gasteiger partial charge in [0.1, 0.15) is 0 Å². The molecule has 0 N–H and O–H groups in total. The molecule has 0 aliphatic rings. The van der Waals surface area contributed by atoms with Gasteiger partial charge in [-0.15, -0.1) is 0 Å². The third-order valence-corrected chi connectivity index (χ3v) is 25.0. The van der Waals surface area contributed by atoms with Crippen LogP contribution in [0.3, 0.4) is 0 Å². The lowest BCUT2D eigenvalue weighted by Gasteiger charge is -2.25. The maximum atomic E-state index is 2.29. The molecule has 0 bridgehead atoms. The molecule has 0 saturated carbocycles. The van der Waals surface area contributed by atoms with Gasteiger partial charge in [0.2, 0.25) is 0 Å². The molecule has 0 radical (unpaired) electrons. The van der Waals surface area contributed by atoms with Gasteiger partial charge in [-0.25, -0.2) is 0 Å². The van der Waals surface area contributed by atoms with Crippen molar-refractivity contribution in [1.29, 1.82) is 0 Å². The Kier molecular flexibility index (Phi) is 22.3. The van der Waals surface area contributed by atoms with Crippen molar-refractivity contribution in [3.8, 4) is 44.5 Å². The summed E-state index contributed by atoms with van der Waals surface area (Å²) in [5, 5.41) is 0. The van der Waals surface area contributed by atoms with Crippen molar-refractivity contribution in [2.45, 2.75) is 277 Å². The molecule has 88 heavy (non-hydrogen) atoms. The summed E-state index contributed by atoms with van der Waals surface area (Å²) in [6.07, 6.45) is 0. The molecule has 0 aliphatic carbocycles. The number of benzene rings is 8. The monoisotopic (exact) mass is 1180 g/mol. The SMILES string of the molecule is Cc1c(C)c(C)c(-c2c(C)c(C)c(C)c(C)c2C)c(C)c1C.Cc1c(C)c(C)c(-c2c(C)c(C)c(C)c(C)c2C)c(C)c1C.Cc1c(C)c(C)c(-c2c(C)c(C)c(C)c(C)c2C)c(C)c1C.Cc1c(C)c(C)c(-c2c(C)c(C)c(C)c(C)c2C)c(C)c1C. The summed E-state index contributed by atoms with van der Waals surface area (Å²) in [6.45, 7) is 90.8. The maximum absolute atomic E-state index is 2.29. The highest BCUT2D eigenvalue weighted by atomic mass is 14.3. The molecule has 0 amide bonds. The highest BCUT2D eigenvalue weighted by Gasteiger charge is 2.25. The van der Waals surface area contributed by atoms with E-state index in [1.54, 1.807) is 0 Å². The van der Waals surface area contributed by atoms with Crippen LogP contribution in [-0.4, -0.2) is 0 Å². The first-order valence-corrected chi connectivity index (χ1v) is 33.0. The quantitative estimate of drug-likeness (QED) is 0.165. The fraction of sp³-hybridized carbons (Fsp3) is 0.455. The zero-order valence-electron chi connectivity index (χ0n) is 64.0. The van der Waals surface area contributed by atoms with Crippen molar-refractivity contribution in [1.82, 2.24) is 0 Å². The molecule has 0 aliphatic heterocycles. The van der Waals surface area contributed by atoms with Gasteiger partial charge in [0.05, 0.1) is 0 Å². The van der Waals surface area contributed by atoms with Crippen molar-refractivity contribution in [2.75, 3.05) is 0 Å². The Labute approximate surface area is 540 Å². The third-order valence-electron chi connectivity index (χ3n) is 25.0. The van der Waals surface area contributed by atoms with Gasteiger partial charge in [0.15, 0.2) is 0 Å². The first kappa shape index (κ1) is 72.5. The van der Waals surface area contributed by atoms with Gasteiger partial charge in [0, 0.05) is 0 Å². The van der Waals surface area contributed by atoms with E-state index in [4.69, 9.17) is 0 Å². The molecule has 8 rings (SSSR count). The van der Waals surface area contributed by atoms with Crippen LogP contribution in [0, 0.1) is 277 Å². The fourth-order valence-corrected chi connectivity index (χ4v) is 15.0. The molecule has 0 heterocycles. The third kappa shape index (κ3) is 12.2. The largest absolute Gasteiger partial charge is 0.0447 e. The van der Waals surface area contributed by atoms with E-state index >= 15 is 0 Å². The molecule has 0 saturated heterocycles. The zero-order valence-corrected chi connectivity index (χ0v) is 64.0. The lowest BCUT2D eigenvalue weighted by atomic mass is 9.80. The minimum atomic E-state index is 1.44. The molecule has 0 nitrogen and oxygen atoms in total. The summed E-state index contributed by atoms with van der Waals surface area (Å²) in [5.74, 6) is 0. The summed E-state index contributed by atoms with van der Waals surface area (Å²) in [7, 11) is 0. The molecule has 0 spiro atoms. The van der Waals surface area contributed by atoms with Crippen molar-refractivity contribution in [3.63, 3.8) is 0 Å². The molecule has 0 atom stereocenters. The van der Waals surface area contributed by atoms with Gasteiger partial charge in [-0.05, 0) is 544 Å². The fourth-order valence-electron chi connectivity index (χ4n) is 15.0. The van der Waals surface area contributed by atoms with Crippen LogP contribution in [0.15, 0.2) is 0 Å². The number of hydrogen-bond donors (Lipinski definition) is 0. The van der Waals surface area contributed by atoms with E-state index < -0.39 is 0 Å². The van der Waals surface area contributed by atoms with Gasteiger partial charge in [-0.1, -0.05) is 0 Å². The van der Waals surface area contributed by atoms with Crippen LogP contribution >= 0.6 is 0 Å². The number of hydrogen-bond acceptors (Lipinski definition) is 0. The zero-order chi connectivity index (χ0) is 67.7. The molecule has 8 aromatic rings. The predicted octanol–water partition coefficient (Wildman–Crippen LogP) is 25.8. The van der Waals surface area contributed by atoms with Crippen molar-refractivity contribution in [2.24, 2.45) is 0 Å². The average Bonchev–Trinajstić information content (AvgIpc) is 0.876. The van der Waals surface area contributed by atoms with Gasteiger partial charge < -0.3 is 0 Å². The van der Waals surface area contributed by atoms with Crippen molar-refractivity contribution < 1.29 is 0 Å². The van der Waals surface area contributed by atoms with Gasteiger partial charge >= 0.3 is 0 Å². The molecule has 8 aromatic carbocycles. The van der Waals surface area contributed by atoms with Gasteiger partial charge in [-0.3, -0.25) is 0 Å². The Morgan fingerprint density at radius 3 is 0.136 bits per heavy atom. The van der Waals surface area contributed by atoms with E-state index in [9.17, 15) is 0 Å². The predicted molar refractivity (Wildman–Crippen MR) is 397 cm³/mol.